The Bertz CT molecular complexity index is 515. The van der Waals surface area contributed by atoms with Gasteiger partial charge in [-0.15, -0.1) is 0 Å². The molecule has 0 fully saturated rings. The Morgan fingerprint density at radius 2 is 1.82 bits per heavy atom. The summed E-state index contributed by atoms with van der Waals surface area (Å²) in [6.07, 6.45) is 0. The number of nitrogens with two attached hydrogens (primary N) is 1. The minimum atomic E-state index is -0.636. The van der Waals surface area contributed by atoms with Gasteiger partial charge in [-0.25, -0.2) is 4.79 Å². The molecule has 8 nitrogen and oxygen atoms in total. The average Bonchev–Trinajstić information content (AvgIpc) is 2.51. The second kappa shape index (κ2) is 9.35. The van der Waals surface area contributed by atoms with E-state index in [0.717, 1.165) is 0 Å². The lowest BCUT2D eigenvalue weighted by molar-refractivity contribution is -0.124. The van der Waals surface area contributed by atoms with Gasteiger partial charge in [-0.3, -0.25) is 9.59 Å². The summed E-state index contributed by atoms with van der Waals surface area (Å²) in [6, 6.07) is 5.92. The lowest BCUT2D eigenvalue weighted by atomic mass is 10.2. The van der Waals surface area contributed by atoms with E-state index in [1.807, 2.05) is 0 Å². The largest absolute Gasteiger partial charge is 0.484 e. The van der Waals surface area contributed by atoms with Crippen molar-refractivity contribution in [1.82, 2.24) is 5.32 Å². The van der Waals surface area contributed by atoms with E-state index in [1.54, 1.807) is 0 Å². The molecule has 0 saturated heterocycles. The summed E-state index contributed by atoms with van der Waals surface area (Å²) in [5.74, 6) is -1.24. The van der Waals surface area contributed by atoms with Crippen LogP contribution in [0.2, 0.25) is 0 Å². The number of benzene rings is 1. The number of nitrogens with one attached hydrogen (secondary N) is 1. The standard InChI is InChI=1S/C14H18N2O6/c1-20-7-6-16-13(18)9-22-14(19)10-2-4-11(5-3-10)21-8-12(15)17/h2-5H,6-9H2,1H3,(H2,15,17)(H,16,18). The van der Waals surface area contributed by atoms with Gasteiger partial charge in [0, 0.05) is 13.7 Å². The fraction of sp³-hybridized carbons (Fsp3) is 0.357. The highest BCUT2D eigenvalue weighted by atomic mass is 16.5. The summed E-state index contributed by atoms with van der Waals surface area (Å²) < 4.78 is 14.7. The van der Waals surface area contributed by atoms with Crippen molar-refractivity contribution >= 4 is 17.8 Å². The van der Waals surface area contributed by atoms with Gasteiger partial charge in [-0.05, 0) is 24.3 Å². The zero-order chi connectivity index (χ0) is 16.4. The SMILES string of the molecule is COCCNC(=O)COC(=O)c1ccc(OCC(N)=O)cc1. The highest BCUT2D eigenvalue weighted by Gasteiger charge is 2.10. The summed E-state index contributed by atoms with van der Waals surface area (Å²) in [4.78, 5) is 33.6. The molecule has 0 radical (unpaired) electrons. The first-order chi connectivity index (χ1) is 10.5. The van der Waals surface area contributed by atoms with Crippen LogP contribution in [0.1, 0.15) is 10.4 Å². The Morgan fingerprint density at radius 3 is 2.41 bits per heavy atom. The van der Waals surface area contributed by atoms with Gasteiger partial charge in [0.05, 0.1) is 12.2 Å². The third kappa shape index (κ3) is 6.71. The topological polar surface area (TPSA) is 117 Å². The fourth-order valence-electron chi connectivity index (χ4n) is 1.40. The number of rotatable bonds is 9. The molecule has 0 spiro atoms. The van der Waals surface area contributed by atoms with Gasteiger partial charge in [-0.2, -0.15) is 0 Å². The number of esters is 1. The summed E-state index contributed by atoms with van der Waals surface area (Å²) in [6.45, 7) is 0.110. The highest BCUT2D eigenvalue weighted by Crippen LogP contribution is 2.12. The van der Waals surface area contributed by atoms with Crippen molar-refractivity contribution in [2.45, 2.75) is 0 Å². The molecule has 1 rings (SSSR count). The maximum atomic E-state index is 11.7. The molecular weight excluding hydrogens is 292 g/mol. The number of hydrogen-bond acceptors (Lipinski definition) is 6. The van der Waals surface area contributed by atoms with Gasteiger partial charge in [0.1, 0.15) is 5.75 Å². The molecule has 1 aromatic rings. The van der Waals surface area contributed by atoms with E-state index < -0.39 is 17.8 Å². The Hall–Kier alpha value is -2.61. The molecule has 8 heteroatoms. The van der Waals surface area contributed by atoms with Crippen LogP contribution in [0.25, 0.3) is 0 Å². The number of ether oxygens (including phenoxy) is 3. The molecule has 0 saturated carbocycles. The zero-order valence-corrected chi connectivity index (χ0v) is 12.2. The Kier molecular flexibility index (Phi) is 7.41. The number of primary amides is 1. The maximum absolute atomic E-state index is 11.7. The summed E-state index contributed by atoms with van der Waals surface area (Å²) in [7, 11) is 1.52. The Balaban J connectivity index is 2.39. The second-order valence-corrected chi connectivity index (χ2v) is 4.20. The zero-order valence-electron chi connectivity index (χ0n) is 12.2. The summed E-state index contributed by atoms with van der Waals surface area (Å²) in [5, 5.41) is 2.52. The number of hydrogen-bond donors (Lipinski definition) is 2. The number of methoxy groups -OCH3 is 1. The van der Waals surface area contributed by atoms with Crippen LogP contribution in [0.3, 0.4) is 0 Å². The number of amides is 2. The van der Waals surface area contributed by atoms with E-state index >= 15 is 0 Å². The minimum absolute atomic E-state index is 0.245. The smallest absolute Gasteiger partial charge is 0.338 e. The highest BCUT2D eigenvalue weighted by molar-refractivity contribution is 5.91. The van der Waals surface area contributed by atoms with E-state index in [1.165, 1.54) is 31.4 Å². The first-order valence-corrected chi connectivity index (χ1v) is 6.47. The maximum Gasteiger partial charge on any atom is 0.338 e. The summed E-state index contributed by atoms with van der Waals surface area (Å²) in [5.41, 5.74) is 5.21. The first kappa shape index (κ1) is 17.4. The van der Waals surface area contributed by atoms with Crippen LogP contribution in [0.15, 0.2) is 24.3 Å². The third-order valence-corrected chi connectivity index (χ3v) is 2.43. The van der Waals surface area contributed by atoms with Gasteiger partial charge in [-0.1, -0.05) is 0 Å². The van der Waals surface area contributed by atoms with Crippen LogP contribution in [0.5, 0.6) is 5.75 Å². The molecule has 0 bridgehead atoms. The molecule has 0 aromatic heterocycles. The van der Waals surface area contributed by atoms with Crippen molar-refractivity contribution in [3.8, 4) is 5.75 Å². The average molecular weight is 310 g/mol. The van der Waals surface area contributed by atoms with Crippen LogP contribution in [0.4, 0.5) is 0 Å². The van der Waals surface area contributed by atoms with Gasteiger partial charge in [0.15, 0.2) is 13.2 Å². The molecule has 0 aliphatic carbocycles. The Labute approximate surface area is 127 Å². The molecule has 0 unspecified atom stereocenters. The molecule has 0 aliphatic heterocycles. The number of carbonyl (C=O) groups is 3. The minimum Gasteiger partial charge on any atom is -0.484 e. The normalized spacial score (nSPS) is 9.86. The molecule has 1 aromatic carbocycles. The lowest BCUT2D eigenvalue weighted by Crippen LogP contribution is -2.31. The monoisotopic (exact) mass is 310 g/mol. The van der Waals surface area contributed by atoms with Gasteiger partial charge in [0.25, 0.3) is 11.8 Å². The van der Waals surface area contributed by atoms with E-state index in [0.29, 0.717) is 18.9 Å². The van der Waals surface area contributed by atoms with E-state index in [9.17, 15) is 14.4 Å². The van der Waals surface area contributed by atoms with Gasteiger partial charge in [0.2, 0.25) is 0 Å². The van der Waals surface area contributed by atoms with Crippen molar-refractivity contribution in [1.29, 1.82) is 0 Å². The van der Waals surface area contributed by atoms with E-state index in [4.69, 9.17) is 19.9 Å². The van der Waals surface area contributed by atoms with Gasteiger partial charge < -0.3 is 25.3 Å². The lowest BCUT2D eigenvalue weighted by Gasteiger charge is -2.07. The fourth-order valence-corrected chi connectivity index (χ4v) is 1.40. The van der Waals surface area contributed by atoms with Crippen LogP contribution < -0.4 is 15.8 Å². The van der Waals surface area contributed by atoms with E-state index in [-0.39, 0.29) is 18.8 Å². The van der Waals surface area contributed by atoms with Crippen molar-refractivity contribution in [3.63, 3.8) is 0 Å². The molecule has 22 heavy (non-hydrogen) atoms. The predicted molar refractivity (Wildman–Crippen MR) is 76.3 cm³/mol. The van der Waals surface area contributed by atoms with Crippen molar-refractivity contribution in [2.24, 2.45) is 5.73 Å². The van der Waals surface area contributed by atoms with E-state index in [2.05, 4.69) is 5.32 Å². The van der Waals surface area contributed by atoms with Crippen LogP contribution in [-0.4, -0.2) is 51.3 Å². The Morgan fingerprint density at radius 1 is 1.14 bits per heavy atom. The first-order valence-electron chi connectivity index (χ1n) is 6.47. The van der Waals surface area contributed by atoms with Crippen molar-refractivity contribution in [2.75, 3.05) is 33.5 Å². The van der Waals surface area contributed by atoms with Crippen LogP contribution in [-0.2, 0) is 19.1 Å². The molecule has 0 aliphatic rings. The molecule has 3 N–H and O–H groups in total. The van der Waals surface area contributed by atoms with Gasteiger partial charge >= 0.3 is 5.97 Å². The summed E-state index contributed by atoms with van der Waals surface area (Å²) >= 11 is 0. The molecular formula is C14H18N2O6. The van der Waals surface area contributed by atoms with Crippen LogP contribution >= 0.6 is 0 Å². The predicted octanol–water partition coefficient (Wildman–Crippen LogP) is -0.530. The molecule has 2 amide bonds. The molecule has 0 atom stereocenters. The third-order valence-electron chi connectivity index (χ3n) is 2.43. The molecule has 0 heterocycles. The quantitative estimate of drug-likeness (QED) is 0.468. The van der Waals surface area contributed by atoms with Crippen molar-refractivity contribution < 1.29 is 28.6 Å². The second-order valence-electron chi connectivity index (χ2n) is 4.20. The molecule has 120 valence electrons. The number of carbonyl (C=O) groups excluding carboxylic acids is 3. The van der Waals surface area contributed by atoms with Crippen LogP contribution in [0, 0.1) is 0 Å². The van der Waals surface area contributed by atoms with Crippen molar-refractivity contribution in [3.05, 3.63) is 29.8 Å².